The molecule has 1 aromatic heterocycles. The van der Waals surface area contributed by atoms with Crippen LogP contribution in [0, 0.1) is 11.9 Å². The molecule has 0 radical (unpaired) electrons. The number of pyridine rings is 1. The molecule has 0 unspecified atom stereocenters. The van der Waals surface area contributed by atoms with Crippen LogP contribution < -0.4 is 4.74 Å². The number of hydrogen-bond donors (Lipinski definition) is 0. The fraction of sp³-hybridized carbons (Fsp3) is 0.545. The molecule has 1 aromatic rings. The predicted octanol–water partition coefficient (Wildman–Crippen LogP) is 3.42. The van der Waals surface area contributed by atoms with E-state index in [1.807, 2.05) is 6.92 Å². The summed E-state index contributed by atoms with van der Waals surface area (Å²) in [7, 11) is 0. The Balaban J connectivity index is 2.09. The molecule has 94 valence electrons. The van der Waals surface area contributed by atoms with Gasteiger partial charge in [-0.05, 0) is 30.9 Å². The summed E-state index contributed by atoms with van der Waals surface area (Å²) in [5.41, 5.74) is -1.25. The number of alkyl halides is 3. The summed E-state index contributed by atoms with van der Waals surface area (Å²) in [6.07, 6.45) is -3.16. The van der Waals surface area contributed by atoms with Gasteiger partial charge in [0.15, 0.2) is 5.75 Å². The molecule has 0 atom stereocenters. The number of ether oxygens (including phenoxy) is 1. The highest BCUT2D eigenvalue weighted by Gasteiger charge is 2.34. The molecule has 17 heavy (non-hydrogen) atoms. The molecule has 1 saturated carbocycles. The third-order valence-electron chi connectivity index (χ3n) is 2.73. The summed E-state index contributed by atoms with van der Waals surface area (Å²) < 4.78 is 55.1. The molecule has 0 saturated heterocycles. The van der Waals surface area contributed by atoms with Crippen molar-refractivity contribution in [1.82, 2.24) is 4.98 Å². The lowest BCUT2D eigenvalue weighted by Gasteiger charge is -2.32. The number of rotatable bonds is 2. The van der Waals surface area contributed by atoms with E-state index in [-0.39, 0.29) is 11.9 Å². The Kier molecular flexibility index (Phi) is 2.97. The third kappa shape index (κ3) is 2.68. The monoisotopic (exact) mass is 249 g/mol. The molecule has 1 heterocycles. The van der Waals surface area contributed by atoms with Gasteiger partial charge in [-0.15, -0.1) is 0 Å². The molecule has 0 amide bonds. The van der Waals surface area contributed by atoms with E-state index in [2.05, 4.69) is 4.98 Å². The molecule has 2 nitrogen and oxygen atoms in total. The third-order valence-corrected chi connectivity index (χ3v) is 2.73. The molecule has 0 aromatic carbocycles. The van der Waals surface area contributed by atoms with E-state index in [9.17, 15) is 17.6 Å². The molecular formula is C11H11F4NO. The van der Waals surface area contributed by atoms with Crippen LogP contribution in [0.4, 0.5) is 17.6 Å². The molecule has 1 aliphatic carbocycles. The Morgan fingerprint density at radius 3 is 2.41 bits per heavy atom. The minimum atomic E-state index is -4.63. The number of hydrogen-bond acceptors (Lipinski definition) is 2. The standard InChI is InChI=1S/C11H11F4NO/c1-6-4-7(5-6)17-8-2-3-9(11(13,14)15)16-10(8)12/h2-3,6-7H,4-5H2,1H3. The van der Waals surface area contributed by atoms with Gasteiger partial charge in [0.25, 0.3) is 5.95 Å². The minimum Gasteiger partial charge on any atom is -0.486 e. The predicted molar refractivity (Wildman–Crippen MR) is 52.0 cm³/mol. The number of nitrogens with zero attached hydrogens (tertiary/aromatic N) is 1. The second-order valence-corrected chi connectivity index (χ2v) is 4.30. The maximum absolute atomic E-state index is 13.3. The number of halogens is 4. The van der Waals surface area contributed by atoms with Crippen LogP contribution >= 0.6 is 0 Å². The fourth-order valence-electron chi connectivity index (χ4n) is 1.77. The average Bonchev–Trinajstić information content (AvgIpc) is 2.16. The first-order valence-electron chi connectivity index (χ1n) is 5.26. The normalized spacial score (nSPS) is 24.3. The highest BCUT2D eigenvalue weighted by atomic mass is 19.4. The van der Waals surface area contributed by atoms with Crippen molar-refractivity contribution < 1.29 is 22.3 Å². The highest BCUT2D eigenvalue weighted by Crippen LogP contribution is 2.33. The molecule has 6 heteroatoms. The lowest BCUT2D eigenvalue weighted by atomic mass is 9.84. The Morgan fingerprint density at radius 1 is 1.29 bits per heavy atom. The molecule has 1 fully saturated rings. The van der Waals surface area contributed by atoms with Gasteiger partial charge in [0.1, 0.15) is 5.69 Å². The molecule has 0 bridgehead atoms. The average molecular weight is 249 g/mol. The van der Waals surface area contributed by atoms with E-state index in [4.69, 9.17) is 4.74 Å². The molecular weight excluding hydrogens is 238 g/mol. The van der Waals surface area contributed by atoms with Crippen LogP contribution in [0.5, 0.6) is 5.75 Å². The van der Waals surface area contributed by atoms with Crippen molar-refractivity contribution in [2.45, 2.75) is 32.0 Å². The van der Waals surface area contributed by atoms with Gasteiger partial charge in [-0.1, -0.05) is 6.92 Å². The maximum atomic E-state index is 13.3. The van der Waals surface area contributed by atoms with Crippen molar-refractivity contribution in [2.75, 3.05) is 0 Å². The van der Waals surface area contributed by atoms with Crippen molar-refractivity contribution in [3.05, 3.63) is 23.8 Å². The first kappa shape index (κ1) is 12.1. The van der Waals surface area contributed by atoms with Gasteiger partial charge in [-0.2, -0.15) is 17.6 Å². The first-order chi connectivity index (χ1) is 7.86. The molecule has 0 N–H and O–H groups in total. The Labute approximate surface area is 95.6 Å². The Morgan fingerprint density at radius 2 is 1.94 bits per heavy atom. The minimum absolute atomic E-state index is 0.113. The van der Waals surface area contributed by atoms with Crippen LogP contribution in [0.3, 0.4) is 0 Å². The zero-order chi connectivity index (χ0) is 12.6. The summed E-state index contributed by atoms with van der Waals surface area (Å²) in [6, 6.07) is 1.70. The largest absolute Gasteiger partial charge is 0.486 e. The Bertz CT molecular complexity index is 412. The van der Waals surface area contributed by atoms with Gasteiger partial charge < -0.3 is 4.74 Å². The molecule has 0 aliphatic heterocycles. The lowest BCUT2D eigenvalue weighted by Crippen LogP contribution is -2.32. The van der Waals surface area contributed by atoms with E-state index in [0.29, 0.717) is 5.92 Å². The van der Waals surface area contributed by atoms with Crippen LogP contribution in [0.2, 0.25) is 0 Å². The number of aromatic nitrogens is 1. The van der Waals surface area contributed by atoms with Gasteiger partial charge in [0, 0.05) is 0 Å². The van der Waals surface area contributed by atoms with Gasteiger partial charge >= 0.3 is 6.18 Å². The van der Waals surface area contributed by atoms with Crippen molar-refractivity contribution in [3.63, 3.8) is 0 Å². The fourth-order valence-corrected chi connectivity index (χ4v) is 1.77. The van der Waals surface area contributed by atoms with Gasteiger partial charge in [0.2, 0.25) is 0 Å². The SMILES string of the molecule is CC1CC(Oc2ccc(C(F)(F)F)nc2F)C1. The van der Waals surface area contributed by atoms with Crippen LogP contribution in [0.1, 0.15) is 25.5 Å². The molecule has 0 spiro atoms. The second kappa shape index (κ2) is 4.16. The van der Waals surface area contributed by atoms with Crippen molar-refractivity contribution in [1.29, 1.82) is 0 Å². The van der Waals surface area contributed by atoms with E-state index >= 15 is 0 Å². The van der Waals surface area contributed by atoms with Crippen LogP contribution in [-0.4, -0.2) is 11.1 Å². The zero-order valence-electron chi connectivity index (χ0n) is 9.09. The summed E-state index contributed by atoms with van der Waals surface area (Å²) in [5, 5.41) is 0. The van der Waals surface area contributed by atoms with Gasteiger partial charge in [-0.3, -0.25) is 0 Å². The smallest absolute Gasteiger partial charge is 0.433 e. The van der Waals surface area contributed by atoms with Crippen LogP contribution in [0.15, 0.2) is 12.1 Å². The summed E-state index contributed by atoms with van der Waals surface area (Å²) in [6.45, 7) is 2.03. The Hall–Kier alpha value is -1.33. The van der Waals surface area contributed by atoms with Gasteiger partial charge in [0.05, 0.1) is 6.10 Å². The van der Waals surface area contributed by atoms with Crippen LogP contribution in [-0.2, 0) is 6.18 Å². The van der Waals surface area contributed by atoms with Crippen LogP contribution in [0.25, 0.3) is 0 Å². The van der Waals surface area contributed by atoms with E-state index in [0.717, 1.165) is 25.0 Å². The van der Waals surface area contributed by atoms with Gasteiger partial charge in [-0.25, -0.2) is 4.98 Å². The summed E-state index contributed by atoms with van der Waals surface area (Å²) >= 11 is 0. The lowest BCUT2D eigenvalue weighted by molar-refractivity contribution is -0.141. The molecule has 2 rings (SSSR count). The van der Waals surface area contributed by atoms with Crippen molar-refractivity contribution >= 4 is 0 Å². The zero-order valence-corrected chi connectivity index (χ0v) is 9.09. The quantitative estimate of drug-likeness (QED) is 0.592. The summed E-state index contributed by atoms with van der Waals surface area (Å²) in [5.74, 6) is -0.903. The second-order valence-electron chi connectivity index (χ2n) is 4.30. The highest BCUT2D eigenvalue weighted by molar-refractivity contribution is 5.23. The van der Waals surface area contributed by atoms with Crippen molar-refractivity contribution in [3.8, 4) is 5.75 Å². The summed E-state index contributed by atoms with van der Waals surface area (Å²) in [4.78, 5) is 2.86. The van der Waals surface area contributed by atoms with E-state index < -0.39 is 17.8 Å². The first-order valence-corrected chi connectivity index (χ1v) is 5.26. The topological polar surface area (TPSA) is 22.1 Å². The molecule has 1 aliphatic rings. The van der Waals surface area contributed by atoms with E-state index in [1.54, 1.807) is 0 Å². The van der Waals surface area contributed by atoms with E-state index in [1.165, 1.54) is 0 Å². The maximum Gasteiger partial charge on any atom is 0.433 e. The van der Waals surface area contributed by atoms with Crippen molar-refractivity contribution in [2.24, 2.45) is 5.92 Å².